The molecule has 0 spiro atoms. The minimum atomic E-state index is -3.74. The number of carbonyl (C=O) groups excluding carboxylic acids is 1. The first-order valence-electron chi connectivity index (χ1n) is 8.55. The van der Waals surface area contributed by atoms with Crippen molar-refractivity contribution in [1.29, 1.82) is 0 Å². The summed E-state index contributed by atoms with van der Waals surface area (Å²) in [4.78, 5) is 22.9. The molecule has 7 nitrogen and oxygen atoms in total. The lowest BCUT2D eigenvalue weighted by atomic mass is 10.1. The van der Waals surface area contributed by atoms with E-state index in [2.05, 4.69) is 9.97 Å². The van der Waals surface area contributed by atoms with Gasteiger partial charge in [-0.2, -0.15) is 0 Å². The van der Waals surface area contributed by atoms with Gasteiger partial charge in [0.15, 0.2) is 0 Å². The van der Waals surface area contributed by atoms with Gasteiger partial charge < -0.3 is 4.90 Å². The summed E-state index contributed by atoms with van der Waals surface area (Å²) in [6.45, 7) is 1.85. The molecule has 1 atom stereocenters. The van der Waals surface area contributed by atoms with E-state index in [0.29, 0.717) is 5.69 Å². The SMILES string of the molecule is C[C@H](c1ccc(S(N)(=O)=O)cc1)N(C)C(=O)/C=C/c1cnc2ccccc2n1. The third kappa shape index (κ3) is 4.41. The second-order valence-electron chi connectivity index (χ2n) is 6.36. The Labute approximate surface area is 163 Å². The van der Waals surface area contributed by atoms with E-state index in [9.17, 15) is 13.2 Å². The van der Waals surface area contributed by atoms with Crippen molar-refractivity contribution in [2.75, 3.05) is 7.05 Å². The lowest BCUT2D eigenvalue weighted by Crippen LogP contribution is -2.28. The molecule has 3 rings (SSSR count). The molecule has 1 amide bonds. The second-order valence-corrected chi connectivity index (χ2v) is 7.92. The highest BCUT2D eigenvalue weighted by Crippen LogP contribution is 2.21. The van der Waals surface area contributed by atoms with Crippen LogP contribution in [0.5, 0.6) is 0 Å². The number of likely N-dealkylation sites (N-methyl/N-ethyl adjacent to an activating group) is 1. The first-order chi connectivity index (χ1) is 13.3. The molecule has 1 aromatic heterocycles. The molecule has 0 radical (unpaired) electrons. The number of hydrogen-bond donors (Lipinski definition) is 1. The zero-order chi connectivity index (χ0) is 20.3. The number of aromatic nitrogens is 2. The fraction of sp³-hybridized carbons (Fsp3) is 0.150. The van der Waals surface area contributed by atoms with Crippen molar-refractivity contribution in [2.24, 2.45) is 5.14 Å². The van der Waals surface area contributed by atoms with Crippen LogP contribution in [0.25, 0.3) is 17.1 Å². The van der Waals surface area contributed by atoms with Gasteiger partial charge in [-0.3, -0.25) is 9.78 Å². The molecule has 1 heterocycles. The van der Waals surface area contributed by atoms with Crippen molar-refractivity contribution in [3.05, 3.63) is 72.1 Å². The average Bonchev–Trinajstić information content (AvgIpc) is 2.70. The lowest BCUT2D eigenvalue weighted by molar-refractivity contribution is -0.126. The highest BCUT2D eigenvalue weighted by molar-refractivity contribution is 7.89. The summed E-state index contributed by atoms with van der Waals surface area (Å²) in [7, 11) is -2.06. The number of hydrogen-bond acceptors (Lipinski definition) is 5. The maximum absolute atomic E-state index is 12.5. The molecule has 144 valence electrons. The van der Waals surface area contributed by atoms with E-state index in [1.54, 1.807) is 36.4 Å². The van der Waals surface area contributed by atoms with Crippen molar-refractivity contribution in [3.8, 4) is 0 Å². The van der Waals surface area contributed by atoms with Gasteiger partial charge >= 0.3 is 0 Å². The van der Waals surface area contributed by atoms with Crippen LogP contribution in [0.3, 0.4) is 0 Å². The molecule has 0 fully saturated rings. The minimum absolute atomic E-state index is 0.0344. The van der Waals surface area contributed by atoms with E-state index in [0.717, 1.165) is 16.6 Å². The minimum Gasteiger partial charge on any atom is -0.335 e. The van der Waals surface area contributed by atoms with Gasteiger partial charge in [-0.15, -0.1) is 0 Å². The zero-order valence-electron chi connectivity index (χ0n) is 15.5. The first kappa shape index (κ1) is 19.7. The molecule has 3 aromatic rings. The van der Waals surface area contributed by atoms with E-state index in [1.165, 1.54) is 18.2 Å². The maximum atomic E-state index is 12.5. The van der Waals surface area contributed by atoms with Gasteiger partial charge in [-0.1, -0.05) is 24.3 Å². The zero-order valence-corrected chi connectivity index (χ0v) is 16.3. The van der Waals surface area contributed by atoms with Crippen LogP contribution in [-0.4, -0.2) is 36.2 Å². The van der Waals surface area contributed by atoms with Crippen molar-refractivity contribution in [3.63, 3.8) is 0 Å². The van der Waals surface area contributed by atoms with Crippen LogP contribution >= 0.6 is 0 Å². The van der Waals surface area contributed by atoms with Crippen LogP contribution in [0.4, 0.5) is 0 Å². The van der Waals surface area contributed by atoms with Gasteiger partial charge in [0.25, 0.3) is 0 Å². The summed E-state index contributed by atoms with van der Waals surface area (Å²) < 4.78 is 22.7. The van der Waals surface area contributed by atoms with Gasteiger partial charge in [0, 0.05) is 13.1 Å². The molecule has 28 heavy (non-hydrogen) atoms. The monoisotopic (exact) mass is 396 g/mol. The molecule has 0 saturated heterocycles. The van der Waals surface area contributed by atoms with Gasteiger partial charge in [0.2, 0.25) is 15.9 Å². The molecule has 0 aliphatic rings. The number of carbonyl (C=O) groups is 1. The number of amides is 1. The number of nitrogens with zero attached hydrogens (tertiary/aromatic N) is 3. The van der Waals surface area contributed by atoms with Gasteiger partial charge in [-0.25, -0.2) is 18.5 Å². The van der Waals surface area contributed by atoms with Crippen LogP contribution in [-0.2, 0) is 14.8 Å². The number of nitrogens with two attached hydrogens (primary N) is 1. The van der Waals surface area contributed by atoms with Crippen molar-refractivity contribution in [1.82, 2.24) is 14.9 Å². The molecule has 8 heteroatoms. The molecule has 0 saturated carbocycles. The summed E-state index contributed by atoms with van der Waals surface area (Å²) in [5.74, 6) is -0.210. The third-order valence-corrected chi connectivity index (χ3v) is 5.41. The standard InChI is InChI=1S/C20H20N4O3S/c1-14(15-7-10-17(11-8-15)28(21,26)27)24(2)20(25)12-9-16-13-22-18-5-3-4-6-19(18)23-16/h3-14H,1-2H3,(H2,21,26,27)/b12-9+/t14-/m1/s1. The molecule has 0 bridgehead atoms. The van der Waals surface area contributed by atoms with E-state index in [1.807, 2.05) is 31.2 Å². The highest BCUT2D eigenvalue weighted by atomic mass is 32.2. The number of sulfonamides is 1. The Morgan fingerprint density at radius 3 is 2.39 bits per heavy atom. The average molecular weight is 396 g/mol. The Bertz CT molecular complexity index is 1140. The summed E-state index contributed by atoms with van der Waals surface area (Å²) >= 11 is 0. The van der Waals surface area contributed by atoms with Crippen LogP contribution < -0.4 is 5.14 Å². The Kier molecular flexibility index (Phi) is 5.53. The second kappa shape index (κ2) is 7.87. The van der Waals surface area contributed by atoms with Gasteiger partial charge in [-0.05, 0) is 42.8 Å². The van der Waals surface area contributed by atoms with Crippen LogP contribution in [0.15, 0.2) is 65.7 Å². The number of fused-ring (bicyclic) bond motifs is 1. The Morgan fingerprint density at radius 2 is 1.75 bits per heavy atom. The largest absolute Gasteiger partial charge is 0.335 e. The Hall–Kier alpha value is -3.10. The maximum Gasteiger partial charge on any atom is 0.246 e. The fourth-order valence-corrected chi connectivity index (χ4v) is 3.19. The summed E-state index contributed by atoms with van der Waals surface area (Å²) in [6, 6.07) is 13.4. The summed E-state index contributed by atoms with van der Waals surface area (Å²) in [5.41, 5.74) is 2.93. The topological polar surface area (TPSA) is 106 Å². The molecule has 2 N–H and O–H groups in total. The predicted octanol–water partition coefficient (Wildman–Crippen LogP) is 2.51. The predicted molar refractivity (Wildman–Crippen MR) is 108 cm³/mol. The molecular formula is C20H20N4O3S. The van der Waals surface area contributed by atoms with Crippen molar-refractivity contribution in [2.45, 2.75) is 17.9 Å². The molecule has 0 aliphatic heterocycles. The number of benzene rings is 2. The summed E-state index contributed by atoms with van der Waals surface area (Å²) in [5, 5.41) is 5.11. The van der Waals surface area contributed by atoms with Crippen molar-refractivity contribution >= 4 is 33.0 Å². The first-order valence-corrected chi connectivity index (χ1v) is 10.1. The molecule has 0 aliphatic carbocycles. The van der Waals surface area contributed by atoms with Gasteiger partial charge in [0.1, 0.15) is 0 Å². The number of para-hydroxylation sites is 2. The van der Waals surface area contributed by atoms with Crippen LogP contribution in [0.2, 0.25) is 0 Å². The lowest BCUT2D eigenvalue weighted by Gasteiger charge is -2.24. The van der Waals surface area contributed by atoms with E-state index < -0.39 is 10.0 Å². The normalized spacial score (nSPS) is 13.0. The quantitative estimate of drug-likeness (QED) is 0.667. The van der Waals surface area contributed by atoms with E-state index in [4.69, 9.17) is 5.14 Å². The molecular weight excluding hydrogens is 376 g/mol. The van der Waals surface area contributed by atoms with Crippen LogP contribution in [0, 0.1) is 0 Å². The number of rotatable bonds is 5. The third-order valence-electron chi connectivity index (χ3n) is 4.48. The Balaban J connectivity index is 1.72. The summed E-state index contributed by atoms with van der Waals surface area (Å²) in [6.07, 6.45) is 4.67. The Morgan fingerprint density at radius 1 is 1.11 bits per heavy atom. The van der Waals surface area contributed by atoms with E-state index >= 15 is 0 Å². The highest BCUT2D eigenvalue weighted by Gasteiger charge is 2.16. The fourth-order valence-electron chi connectivity index (χ4n) is 2.68. The molecule has 2 aromatic carbocycles. The van der Waals surface area contributed by atoms with Crippen LogP contribution in [0.1, 0.15) is 24.2 Å². The van der Waals surface area contributed by atoms with E-state index in [-0.39, 0.29) is 16.8 Å². The molecule has 0 unspecified atom stereocenters. The smallest absolute Gasteiger partial charge is 0.246 e. The number of primary sulfonamides is 1. The van der Waals surface area contributed by atoms with Gasteiger partial charge in [0.05, 0.1) is 33.9 Å². The van der Waals surface area contributed by atoms with Crippen molar-refractivity contribution < 1.29 is 13.2 Å².